The van der Waals surface area contributed by atoms with Gasteiger partial charge in [0.05, 0.1) is 6.20 Å². The lowest BCUT2D eigenvalue weighted by Crippen LogP contribution is -2.14. The van der Waals surface area contributed by atoms with E-state index >= 15 is 0 Å². The van der Waals surface area contributed by atoms with Gasteiger partial charge in [-0.05, 0) is 24.3 Å². The Balaban J connectivity index is 2.34. The fourth-order valence-electron chi connectivity index (χ4n) is 1.42. The van der Waals surface area contributed by atoms with Crippen molar-refractivity contribution in [2.75, 3.05) is 6.73 Å². The second kappa shape index (κ2) is 5.73. The SMILES string of the molecule is NCOC(=O)c1cnc(-c2ccc(F)cc2)c(Cl)n1. The first kappa shape index (κ1) is 13.4. The van der Waals surface area contributed by atoms with Crippen LogP contribution < -0.4 is 5.73 Å². The average molecular weight is 282 g/mol. The van der Waals surface area contributed by atoms with Crippen molar-refractivity contribution in [1.29, 1.82) is 0 Å². The molecule has 0 amide bonds. The zero-order chi connectivity index (χ0) is 13.8. The number of nitrogens with two attached hydrogens (primary N) is 1. The lowest BCUT2D eigenvalue weighted by atomic mass is 10.1. The number of nitrogens with zero attached hydrogens (tertiary/aromatic N) is 2. The Morgan fingerprint density at radius 3 is 2.63 bits per heavy atom. The van der Waals surface area contributed by atoms with E-state index in [1.165, 1.54) is 30.5 Å². The standard InChI is InChI=1S/C12H9ClFN3O2/c13-11-10(7-1-3-8(14)4-2-7)16-5-9(17-11)12(18)19-6-15/h1-5H,6,15H2. The average Bonchev–Trinajstić information content (AvgIpc) is 2.40. The quantitative estimate of drug-likeness (QED) is 0.688. The fourth-order valence-corrected chi connectivity index (χ4v) is 1.66. The molecular formula is C12H9ClFN3O2. The van der Waals surface area contributed by atoms with Crippen molar-refractivity contribution in [1.82, 2.24) is 9.97 Å². The number of carbonyl (C=O) groups is 1. The normalized spacial score (nSPS) is 10.3. The molecule has 0 aliphatic heterocycles. The molecule has 7 heteroatoms. The van der Waals surface area contributed by atoms with Crippen LogP contribution in [-0.4, -0.2) is 22.7 Å². The van der Waals surface area contributed by atoms with Crippen molar-refractivity contribution in [3.63, 3.8) is 0 Å². The predicted octanol–water partition coefficient (Wildman–Crippen LogP) is 2.01. The van der Waals surface area contributed by atoms with Crippen molar-refractivity contribution in [2.24, 2.45) is 5.73 Å². The van der Waals surface area contributed by atoms with Gasteiger partial charge in [0.15, 0.2) is 10.8 Å². The van der Waals surface area contributed by atoms with Crippen LogP contribution in [0.25, 0.3) is 11.3 Å². The molecule has 0 aliphatic carbocycles. The van der Waals surface area contributed by atoms with Crippen molar-refractivity contribution in [2.45, 2.75) is 0 Å². The molecule has 1 heterocycles. The van der Waals surface area contributed by atoms with Gasteiger partial charge in [-0.3, -0.25) is 10.7 Å². The number of halogens is 2. The number of hydrogen-bond acceptors (Lipinski definition) is 5. The van der Waals surface area contributed by atoms with Gasteiger partial charge in [-0.1, -0.05) is 11.6 Å². The third kappa shape index (κ3) is 3.04. The smallest absolute Gasteiger partial charge is 0.359 e. The molecule has 0 saturated carbocycles. The lowest BCUT2D eigenvalue weighted by Gasteiger charge is -2.05. The third-order valence-electron chi connectivity index (χ3n) is 2.27. The molecule has 0 saturated heterocycles. The zero-order valence-electron chi connectivity index (χ0n) is 9.64. The Kier molecular flexibility index (Phi) is 4.03. The van der Waals surface area contributed by atoms with Crippen LogP contribution in [0.3, 0.4) is 0 Å². The molecule has 0 spiro atoms. The zero-order valence-corrected chi connectivity index (χ0v) is 10.4. The van der Waals surface area contributed by atoms with Crippen molar-refractivity contribution in [3.05, 3.63) is 47.1 Å². The molecule has 5 nitrogen and oxygen atoms in total. The Hall–Kier alpha value is -2.05. The summed E-state index contributed by atoms with van der Waals surface area (Å²) >= 11 is 5.94. The molecular weight excluding hydrogens is 273 g/mol. The Morgan fingerprint density at radius 2 is 2.05 bits per heavy atom. The molecule has 0 aliphatic rings. The van der Waals surface area contributed by atoms with Crippen LogP contribution in [0.15, 0.2) is 30.5 Å². The molecule has 1 aromatic heterocycles. The lowest BCUT2D eigenvalue weighted by molar-refractivity contribution is 0.0508. The van der Waals surface area contributed by atoms with E-state index < -0.39 is 5.97 Å². The Morgan fingerprint density at radius 1 is 1.37 bits per heavy atom. The minimum atomic E-state index is -0.706. The summed E-state index contributed by atoms with van der Waals surface area (Å²) in [5.41, 5.74) is 5.99. The summed E-state index contributed by atoms with van der Waals surface area (Å²) in [4.78, 5) is 19.3. The van der Waals surface area contributed by atoms with Crippen LogP contribution in [-0.2, 0) is 4.74 Å². The van der Waals surface area contributed by atoms with E-state index in [-0.39, 0.29) is 23.4 Å². The van der Waals surface area contributed by atoms with Crippen LogP contribution in [0.5, 0.6) is 0 Å². The van der Waals surface area contributed by atoms with E-state index in [0.717, 1.165) is 0 Å². The number of rotatable bonds is 3. The van der Waals surface area contributed by atoms with Crippen molar-refractivity contribution < 1.29 is 13.9 Å². The maximum atomic E-state index is 12.8. The monoisotopic (exact) mass is 281 g/mol. The molecule has 1 aromatic carbocycles. The van der Waals surface area contributed by atoms with Gasteiger partial charge in [-0.15, -0.1) is 0 Å². The molecule has 98 valence electrons. The number of hydrogen-bond donors (Lipinski definition) is 1. The van der Waals surface area contributed by atoms with Gasteiger partial charge < -0.3 is 4.74 Å². The molecule has 19 heavy (non-hydrogen) atoms. The van der Waals surface area contributed by atoms with E-state index in [1.807, 2.05) is 0 Å². The van der Waals surface area contributed by atoms with Gasteiger partial charge in [-0.2, -0.15) is 0 Å². The van der Waals surface area contributed by atoms with Gasteiger partial charge in [0.2, 0.25) is 0 Å². The predicted molar refractivity (Wildman–Crippen MR) is 66.9 cm³/mol. The van der Waals surface area contributed by atoms with Gasteiger partial charge in [0.25, 0.3) is 0 Å². The van der Waals surface area contributed by atoms with Gasteiger partial charge in [-0.25, -0.2) is 14.2 Å². The molecule has 2 N–H and O–H groups in total. The highest BCUT2D eigenvalue weighted by Crippen LogP contribution is 2.24. The number of benzene rings is 1. The molecule has 0 radical (unpaired) electrons. The summed E-state index contributed by atoms with van der Waals surface area (Å²) in [6.45, 7) is -0.252. The van der Waals surface area contributed by atoms with Crippen LogP contribution in [0, 0.1) is 5.82 Å². The molecule has 2 aromatic rings. The summed E-state index contributed by atoms with van der Waals surface area (Å²) in [5, 5.41) is 0.0260. The largest absolute Gasteiger partial charge is 0.445 e. The van der Waals surface area contributed by atoms with E-state index in [4.69, 9.17) is 17.3 Å². The van der Waals surface area contributed by atoms with Crippen molar-refractivity contribution >= 4 is 17.6 Å². The van der Waals surface area contributed by atoms with Gasteiger partial charge in [0.1, 0.15) is 18.2 Å². The van der Waals surface area contributed by atoms with Gasteiger partial charge in [0, 0.05) is 5.56 Å². The van der Waals surface area contributed by atoms with E-state index in [2.05, 4.69) is 14.7 Å². The Bertz CT molecular complexity index is 604. The highest BCUT2D eigenvalue weighted by Gasteiger charge is 2.13. The first-order chi connectivity index (χ1) is 9.11. The first-order valence-corrected chi connectivity index (χ1v) is 5.65. The first-order valence-electron chi connectivity index (χ1n) is 5.27. The minimum absolute atomic E-state index is 0.0260. The molecule has 0 bridgehead atoms. The highest BCUT2D eigenvalue weighted by molar-refractivity contribution is 6.31. The van der Waals surface area contributed by atoms with Crippen LogP contribution >= 0.6 is 11.6 Å². The Labute approximate surface area is 113 Å². The fraction of sp³-hybridized carbons (Fsp3) is 0.0833. The van der Waals surface area contributed by atoms with E-state index in [0.29, 0.717) is 11.3 Å². The molecule has 0 unspecified atom stereocenters. The molecule has 0 fully saturated rings. The van der Waals surface area contributed by atoms with Crippen LogP contribution in [0.4, 0.5) is 4.39 Å². The second-order valence-corrected chi connectivity index (χ2v) is 3.86. The summed E-state index contributed by atoms with van der Waals surface area (Å²) in [5.74, 6) is -1.07. The van der Waals surface area contributed by atoms with Crippen LogP contribution in [0.2, 0.25) is 5.15 Å². The van der Waals surface area contributed by atoms with Crippen LogP contribution in [0.1, 0.15) is 10.5 Å². The molecule has 0 atom stereocenters. The van der Waals surface area contributed by atoms with E-state index in [9.17, 15) is 9.18 Å². The highest BCUT2D eigenvalue weighted by atomic mass is 35.5. The third-order valence-corrected chi connectivity index (χ3v) is 2.53. The maximum Gasteiger partial charge on any atom is 0.359 e. The van der Waals surface area contributed by atoms with E-state index in [1.54, 1.807) is 0 Å². The minimum Gasteiger partial charge on any atom is -0.445 e. The van der Waals surface area contributed by atoms with Crippen molar-refractivity contribution in [3.8, 4) is 11.3 Å². The second-order valence-electron chi connectivity index (χ2n) is 3.50. The topological polar surface area (TPSA) is 78.1 Å². The molecule has 2 rings (SSSR count). The number of carbonyl (C=O) groups excluding carboxylic acids is 1. The number of ether oxygens (including phenoxy) is 1. The summed E-state index contributed by atoms with van der Waals surface area (Å²) in [6, 6.07) is 5.60. The maximum absolute atomic E-state index is 12.8. The number of aromatic nitrogens is 2. The van der Waals surface area contributed by atoms with Gasteiger partial charge >= 0.3 is 5.97 Å². The summed E-state index contributed by atoms with van der Waals surface area (Å²) in [7, 11) is 0. The number of esters is 1. The summed E-state index contributed by atoms with van der Waals surface area (Å²) in [6.07, 6.45) is 1.22. The summed E-state index contributed by atoms with van der Waals surface area (Å²) < 4.78 is 17.4.